The minimum absolute atomic E-state index is 0.0211. The zero-order chi connectivity index (χ0) is 11.1. The number of hydrogen-bond donors (Lipinski definition) is 1. The summed E-state index contributed by atoms with van der Waals surface area (Å²) < 4.78 is 5.31. The topological polar surface area (TPSA) is 52.0 Å². The van der Waals surface area contributed by atoms with Gasteiger partial charge in [0.1, 0.15) is 5.76 Å². The van der Waals surface area contributed by atoms with Crippen molar-refractivity contribution in [3.8, 4) is 0 Å². The van der Waals surface area contributed by atoms with Crippen LogP contribution in [0.4, 0.5) is 5.82 Å². The molecule has 2 N–H and O–H groups in total. The molecule has 0 bridgehead atoms. The number of hydrogen-bond acceptors (Lipinski definition) is 3. The average molecular weight is 196 g/mol. The van der Waals surface area contributed by atoms with E-state index < -0.39 is 0 Å². The van der Waals surface area contributed by atoms with E-state index in [1.165, 1.54) is 0 Å². The zero-order valence-electron chi connectivity index (χ0n) is 9.93. The second-order valence-corrected chi connectivity index (χ2v) is 5.77. The van der Waals surface area contributed by atoms with Gasteiger partial charge in [-0.15, -0.1) is 0 Å². The van der Waals surface area contributed by atoms with Crippen LogP contribution < -0.4 is 5.73 Å². The van der Waals surface area contributed by atoms with Crippen LogP contribution in [0.25, 0.3) is 0 Å². The van der Waals surface area contributed by atoms with Gasteiger partial charge in [-0.2, -0.15) is 0 Å². The van der Waals surface area contributed by atoms with Gasteiger partial charge in [-0.25, -0.2) is 0 Å². The molecule has 1 aromatic heterocycles. The van der Waals surface area contributed by atoms with Crippen LogP contribution >= 0.6 is 0 Å². The van der Waals surface area contributed by atoms with Crippen molar-refractivity contribution in [2.24, 2.45) is 0 Å². The van der Waals surface area contributed by atoms with E-state index in [1.54, 1.807) is 0 Å². The molecule has 0 radical (unpaired) electrons. The van der Waals surface area contributed by atoms with Crippen molar-refractivity contribution in [1.29, 1.82) is 0 Å². The molecule has 3 nitrogen and oxygen atoms in total. The molecule has 1 rings (SSSR count). The van der Waals surface area contributed by atoms with Gasteiger partial charge in [0.25, 0.3) is 0 Å². The van der Waals surface area contributed by atoms with Gasteiger partial charge in [-0.05, 0) is 5.41 Å². The van der Waals surface area contributed by atoms with E-state index in [9.17, 15) is 0 Å². The van der Waals surface area contributed by atoms with E-state index in [2.05, 4.69) is 46.7 Å². The van der Waals surface area contributed by atoms with Gasteiger partial charge >= 0.3 is 0 Å². The van der Waals surface area contributed by atoms with Crippen molar-refractivity contribution in [3.63, 3.8) is 0 Å². The maximum atomic E-state index is 5.82. The Kier molecular flexibility index (Phi) is 2.38. The number of aromatic nitrogens is 1. The molecule has 1 heterocycles. The van der Waals surface area contributed by atoms with Crippen LogP contribution in [0.15, 0.2) is 4.52 Å². The minimum Gasteiger partial charge on any atom is -0.381 e. The van der Waals surface area contributed by atoms with Gasteiger partial charge in [-0.3, -0.25) is 0 Å². The molecule has 0 aliphatic heterocycles. The molecular weight excluding hydrogens is 176 g/mol. The van der Waals surface area contributed by atoms with Crippen LogP contribution in [-0.4, -0.2) is 5.16 Å². The first kappa shape index (κ1) is 11.1. The van der Waals surface area contributed by atoms with Gasteiger partial charge in [0.15, 0.2) is 5.82 Å². The fraction of sp³-hybridized carbons (Fsp3) is 0.727. The summed E-state index contributed by atoms with van der Waals surface area (Å²) in [5.41, 5.74) is 6.78. The SMILES string of the molecule is CC(C)(C)c1onc(N)c1C(C)(C)C. The predicted molar refractivity (Wildman–Crippen MR) is 58.3 cm³/mol. The second kappa shape index (κ2) is 3.01. The summed E-state index contributed by atoms with van der Waals surface area (Å²) in [6.07, 6.45) is 0. The quantitative estimate of drug-likeness (QED) is 0.694. The van der Waals surface area contributed by atoms with Crippen molar-refractivity contribution in [1.82, 2.24) is 5.16 Å². The highest BCUT2D eigenvalue weighted by Crippen LogP contribution is 2.37. The molecule has 14 heavy (non-hydrogen) atoms. The molecule has 3 heteroatoms. The minimum atomic E-state index is -0.0484. The highest BCUT2D eigenvalue weighted by molar-refractivity contribution is 5.47. The van der Waals surface area contributed by atoms with E-state index in [1.807, 2.05) is 0 Å². The first-order valence-electron chi connectivity index (χ1n) is 4.90. The lowest BCUT2D eigenvalue weighted by atomic mass is 9.80. The smallest absolute Gasteiger partial charge is 0.170 e. The van der Waals surface area contributed by atoms with E-state index in [0.29, 0.717) is 5.82 Å². The third-order valence-corrected chi connectivity index (χ3v) is 2.15. The summed E-state index contributed by atoms with van der Waals surface area (Å²) in [5.74, 6) is 1.41. The van der Waals surface area contributed by atoms with Gasteiger partial charge in [-0.1, -0.05) is 46.7 Å². The zero-order valence-corrected chi connectivity index (χ0v) is 9.93. The highest BCUT2D eigenvalue weighted by Gasteiger charge is 2.32. The van der Waals surface area contributed by atoms with Crippen LogP contribution in [0.5, 0.6) is 0 Å². The van der Waals surface area contributed by atoms with E-state index >= 15 is 0 Å². The van der Waals surface area contributed by atoms with Crippen molar-refractivity contribution < 1.29 is 4.52 Å². The van der Waals surface area contributed by atoms with Crippen molar-refractivity contribution >= 4 is 5.82 Å². The van der Waals surface area contributed by atoms with Crippen LogP contribution in [0.1, 0.15) is 52.9 Å². The van der Waals surface area contributed by atoms with Gasteiger partial charge < -0.3 is 10.3 Å². The molecule has 1 aromatic rings. The third-order valence-electron chi connectivity index (χ3n) is 2.15. The average Bonchev–Trinajstić information content (AvgIpc) is 2.27. The molecule has 0 saturated carbocycles. The van der Waals surface area contributed by atoms with E-state index in [4.69, 9.17) is 10.3 Å². The summed E-state index contributed by atoms with van der Waals surface area (Å²) in [6, 6.07) is 0. The fourth-order valence-electron chi connectivity index (χ4n) is 1.54. The van der Waals surface area contributed by atoms with Crippen molar-refractivity contribution in [3.05, 3.63) is 11.3 Å². The number of nitrogens with zero attached hydrogens (tertiary/aromatic N) is 1. The molecule has 0 aliphatic rings. The third kappa shape index (κ3) is 1.91. The standard InChI is InChI=1S/C11H20N2O/c1-10(2,3)7-8(11(4,5)6)14-13-9(7)12/h1-6H3,(H2,12,13). The Balaban J connectivity index is 3.35. The second-order valence-electron chi connectivity index (χ2n) is 5.77. The van der Waals surface area contributed by atoms with Gasteiger partial charge in [0.05, 0.1) is 0 Å². The fourth-order valence-corrected chi connectivity index (χ4v) is 1.54. The summed E-state index contributed by atoms with van der Waals surface area (Å²) in [6.45, 7) is 12.6. The first-order valence-corrected chi connectivity index (χ1v) is 4.90. The van der Waals surface area contributed by atoms with Crippen LogP contribution in [0.3, 0.4) is 0 Å². The number of nitrogens with two attached hydrogens (primary N) is 1. The molecule has 0 aliphatic carbocycles. The number of rotatable bonds is 0. The maximum absolute atomic E-state index is 5.82. The highest BCUT2D eigenvalue weighted by atomic mass is 16.5. The lowest BCUT2D eigenvalue weighted by Crippen LogP contribution is -2.21. The molecule has 0 aromatic carbocycles. The van der Waals surface area contributed by atoms with Crippen LogP contribution in [0.2, 0.25) is 0 Å². The molecule has 0 atom stereocenters. The largest absolute Gasteiger partial charge is 0.381 e. The molecule has 0 amide bonds. The Morgan fingerprint density at radius 2 is 1.50 bits per heavy atom. The summed E-state index contributed by atoms with van der Waals surface area (Å²) in [4.78, 5) is 0. The van der Waals surface area contributed by atoms with E-state index in [0.717, 1.165) is 11.3 Å². The van der Waals surface area contributed by atoms with E-state index in [-0.39, 0.29) is 10.8 Å². The summed E-state index contributed by atoms with van der Waals surface area (Å²) in [7, 11) is 0. The predicted octanol–water partition coefficient (Wildman–Crippen LogP) is 2.85. The Morgan fingerprint density at radius 3 is 1.79 bits per heavy atom. The normalized spacial score (nSPS) is 13.3. The molecule has 80 valence electrons. The number of nitrogen functional groups attached to an aromatic ring is 1. The summed E-state index contributed by atoms with van der Waals surface area (Å²) in [5, 5.41) is 3.85. The van der Waals surface area contributed by atoms with Crippen molar-refractivity contribution in [2.75, 3.05) is 5.73 Å². The lowest BCUT2D eigenvalue weighted by Gasteiger charge is -2.23. The Hall–Kier alpha value is -0.990. The molecular formula is C11H20N2O. The van der Waals surface area contributed by atoms with Crippen molar-refractivity contribution in [2.45, 2.75) is 52.4 Å². The van der Waals surface area contributed by atoms with Crippen LogP contribution in [-0.2, 0) is 10.8 Å². The maximum Gasteiger partial charge on any atom is 0.170 e. The van der Waals surface area contributed by atoms with Gasteiger partial charge in [0.2, 0.25) is 0 Å². The lowest BCUT2D eigenvalue weighted by molar-refractivity contribution is 0.323. The Labute approximate surface area is 85.7 Å². The Morgan fingerprint density at radius 1 is 1.00 bits per heavy atom. The number of anilines is 1. The van der Waals surface area contributed by atoms with Gasteiger partial charge in [0, 0.05) is 11.0 Å². The molecule has 0 saturated heterocycles. The molecule has 0 spiro atoms. The Bertz CT molecular complexity index is 326. The van der Waals surface area contributed by atoms with Crippen LogP contribution in [0, 0.1) is 0 Å². The first-order chi connectivity index (χ1) is 6.14. The summed E-state index contributed by atoms with van der Waals surface area (Å²) >= 11 is 0. The molecule has 0 unspecified atom stereocenters. The molecule has 0 fully saturated rings. The monoisotopic (exact) mass is 196 g/mol.